The highest BCUT2D eigenvalue weighted by Gasteiger charge is 2.51. The highest BCUT2D eigenvalue weighted by molar-refractivity contribution is 6.30. The van der Waals surface area contributed by atoms with Gasteiger partial charge in [0.25, 0.3) is 0 Å². The summed E-state index contributed by atoms with van der Waals surface area (Å²) in [5.74, 6) is -0.216. The Kier molecular flexibility index (Phi) is 7.84. The quantitative estimate of drug-likeness (QED) is 0.300. The van der Waals surface area contributed by atoms with E-state index in [1.165, 1.54) is 0 Å². The number of likely N-dealkylation sites (tertiary alicyclic amines) is 1. The van der Waals surface area contributed by atoms with E-state index in [-0.39, 0.29) is 29.8 Å². The SMILES string of the molecule is C=CC[C@@]1(C)C[C@H](c2cccc(Cl)c2)[C@@H](c2ccc(Cl)cc2)N(C(CC)[C@H](C)C=O)C1=O. The van der Waals surface area contributed by atoms with Gasteiger partial charge >= 0.3 is 0 Å². The minimum Gasteiger partial charge on any atom is -0.331 e. The third kappa shape index (κ3) is 4.79. The van der Waals surface area contributed by atoms with Gasteiger partial charge in [0.15, 0.2) is 0 Å². The molecule has 5 heteroatoms. The molecule has 1 saturated heterocycles. The fourth-order valence-electron chi connectivity index (χ4n) is 5.17. The summed E-state index contributed by atoms with van der Waals surface area (Å²) in [5, 5.41) is 1.31. The first kappa shape index (κ1) is 24.5. The molecule has 0 bridgehead atoms. The van der Waals surface area contributed by atoms with Crippen LogP contribution in [0.5, 0.6) is 0 Å². The van der Waals surface area contributed by atoms with Gasteiger partial charge < -0.3 is 9.69 Å². The Morgan fingerprint density at radius 3 is 2.41 bits per heavy atom. The number of carbonyl (C=O) groups excluding carboxylic acids is 2. The highest BCUT2D eigenvalue weighted by atomic mass is 35.5. The van der Waals surface area contributed by atoms with E-state index < -0.39 is 5.41 Å². The van der Waals surface area contributed by atoms with Gasteiger partial charge in [-0.1, -0.05) is 74.3 Å². The normalized spacial score (nSPS) is 25.3. The second-order valence-corrected chi connectivity index (χ2v) is 9.97. The molecular weight excluding hydrogens is 441 g/mol. The van der Waals surface area contributed by atoms with Crippen molar-refractivity contribution in [1.82, 2.24) is 4.90 Å². The zero-order chi connectivity index (χ0) is 23.5. The first-order chi connectivity index (χ1) is 15.3. The molecule has 1 unspecified atom stereocenters. The van der Waals surface area contributed by atoms with E-state index in [2.05, 4.69) is 12.6 Å². The van der Waals surface area contributed by atoms with Crippen LogP contribution < -0.4 is 0 Å². The summed E-state index contributed by atoms with van der Waals surface area (Å²) in [7, 11) is 0. The maximum Gasteiger partial charge on any atom is 0.229 e. The van der Waals surface area contributed by atoms with Crippen LogP contribution in [0.3, 0.4) is 0 Å². The maximum atomic E-state index is 14.1. The summed E-state index contributed by atoms with van der Waals surface area (Å²) in [6, 6.07) is 15.1. The van der Waals surface area contributed by atoms with Crippen molar-refractivity contribution in [3.05, 3.63) is 82.4 Å². The number of hydrogen-bond donors (Lipinski definition) is 0. The molecule has 0 aliphatic carbocycles. The average molecular weight is 472 g/mol. The molecular formula is C27H31Cl2NO2. The van der Waals surface area contributed by atoms with Crippen molar-refractivity contribution in [2.45, 2.75) is 58.0 Å². The van der Waals surface area contributed by atoms with Crippen LogP contribution in [0.15, 0.2) is 61.2 Å². The third-order valence-corrected chi connectivity index (χ3v) is 7.27. The van der Waals surface area contributed by atoms with Gasteiger partial charge in [0.2, 0.25) is 5.91 Å². The monoisotopic (exact) mass is 471 g/mol. The molecule has 32 heavy (non-hydrogen) atoms. The molecule has 0 N–H and O–H groups in total. The van der Waals surface area contributed by atoms with Crippen molar-refractivity contribution >= 4 is 35.4 Å². The number of allylic oxidation sites excluding steroid dienone is 1. The minimum absolute atomic E-state index is 0.00503. The Balaban J connectivity index is 2.26. The second-order valence-electron chi connectivity index (χ2n) is 9.10. The molecule has 0 radical (unpaired) electrons. The van der Waals surface area contributed by atoms with Crippen LogP contribution in [0.1, 0.15) is 63.1 Å². The summed E-state index contributed by atoms with van der Waals surface area (Å²) in [4.78, 5) is 27.9. The molecule has 2 aromatic carbocycles. The van der Waals surface area contributed by atoms with Gasteiger partial charge in [-0.2, -0.15) is 0 Å². The molecule has 1 amide bonds. The van der Waals surface area contributed by atoms with E-state index in [0.717, 1.165) is 17.4 Å². The molecule has 0 saturated carbocycles. The lowest BCUT2D eigenvalue weighted by Gasteiger charge is -2.52. The van der Waals surface area contributed by atoms with Gasteiger partial charge in [-0.05, 0) is 54.7 Å². The van der Waals surface area contributed by atoms with Crippen molar-refractivity contribution in [2.75, 3.05) is 0 Å². The fraction of sp³-hybridized carbons (Fsp3) is 0.407. The topological polar surface area (TPSA) is 37.4 Å². The molecule has 1 aliphatic heterocycles. The molecule has 1 fully saturated rings. The first-order valence-electron chi connectivity index (χ1n) is 11.2. The Morgan fingerprint density at radius 2 is 1.84 bits per heavy atom. The van der Waals surface area contributed by atoms with Crippen LogP contribution in [0.2, 0.25) is 10.0 Å². The van der Waals surface area contributed by atoms with E-state index in [9.17, 15) is 9.59 Å². The number of nitrogens with zero attached hydrogens (tertiary/aromatic N) is 1. The zero-order valence-corrected chi connectivity index (χ0v) is 20.4. The van der Waals surface area contributed by atoms with Gasteiger partial charge in [-0.15, -0.1) is 6.58 Å². The predicted molar refractivity (Wildman–Crippen MR) is 132 cm³/mol. The van der Waals surface area contributed by atoms with Gasteiger partial charge in [-0.25, -0.2) is 0 Å². The third-order valence-electron chi connectivity index (χ3n) is 6.78. The van der Waals surface area contributed by atoms with Crippen LogP contribution in [0.4, 0.5) is 0 Å². The molecule has 170 valence electrons. The molecule has 0 spiro atoms. The summed E-state index contributed by atoms with van der Waals surface area (Å²) in [6.45, 7) is 9.85. The zero-order valence-electron chi connectivity index (χ0n) is 18.9. The van der Waals surface area contributed by atoms with Crippen LogP contribution in [0.25, 0.3) is 0 Å². The lowest BCUT2D eigenvalue weighted by Crippen LogP contribution is -2.57. The lowest BCUT2D eigenvalue weighted by atomic mass is 9.66. The Labute approximate surface area is 201 Å². The Bertz CT molecular complexity index is 974. The van der Waals surface area contributed by atoms with Gasteiger partial charge in [0, 0.05) is 27.9 Å². The molecule has 2 aromatic rings. The predicted octanol–water partition coefficient (Wildman–Crippen LogP) is 7.25. The summed E-state index contributed by atoms with van der Waals surface area (Å²) < 4.78 is 0. The summed E-state index contributed by atoms with van der Waals surface area (Å²) >= 11 is 12.6. The van der Waals surface area contributed by atoms with Crippen molar-refractivity contribution in [2.24, 2.45) is 11.3 Å². The molecule has 3 nitrogen and oxygen atoms in total. The number of hydrogen-bond acceptors (Lipinski definition) is 2. The Morgan fingerprint density at radius 1 is 1.16 bits per heavy atom. The van der Waals surface area contributed by atoms with Crippen LogP contribution >= 0.6 is 23.2 Å². The van der Waals surface area contributed by atoms with Crippen molar-refractivity contribution in [3.63, 3.8) is 0 Å². The van der Waals surface area contributed by atoms with E-state index in [1.807, 2.05) is 74.2 Å². The van der Waals surface area contributed by atoms with Crippen molar-refractivity contribution in [1.29, 1.82) is 0 Å². The van der Waals surface area contributed by atoms with Crippen LogP contribution in [0, 0.1) is 11.3 Å². The van der Waals surface area contributed by atoms with Crippen molar-refractivity contribution in [3.8, 4) is 0 Å². The number of benzene rings is 2. The average Bonchev–Trinajstić information content (AvgIpc) is 2.77. The summed E-state index contributed by atoms with van der Waals surface area (Å²) in [6.07, 6.45) is 4.68. The van der Waals surface area contributed by atoms with E-state index >= 15 is 0 Å². The molecule has 0 aromatic heterocycles. The highest BCUT2D eigenvalue weighted by Crippen LogP contribution is 2.52. The smallest absolute Gasteiger partial charge is 0.229 e. The number of rotatable bonds is 8. The molecule has 3 rings (SSSR count). The van der Waals surface area contributed by atoms with E-state index in [0.29, 0.717) is 29.3 Å². The summed E-state index contributed by atoms with van der Waals surface area (Å²) in [5.41, 5.74) is 1.47. The first-order valence-corrected chi connectivity index (χ1v) is 11.9. The number of piperidine rings is 1. The number of carbonyl (C=O) groups is 2. The van der Waals surface area contributed by atoms with Gasteiger partial charge in [0.05, 0.1) is 11.5 Å². The molecule has 1 heterocycles. The van der Waals surface area contributed by atoms with Gasteiger partial charge in [0.1, 0.15) is 6.29 Å². The van der Waals surface area contributed by atoms with Crippen LogP contribution in [-0.2, 0) is 9.59 Å². The minimum atomic E-state index is -0.617. The Hall–Kier alpha value is -2.10. The second kappa shape index (κ2) is 10.2. The molecule has 1 aliphatic rings. The van der Waals surface area contributed by atoms with Gasteiger partial charge in [-0.3, -0.25) is 4.79 Å². The van der Waals surface area contributed by atoms with E-state index in [1.54, 1.807) is 0 Å². The lowest BCUT2D eigenvalue weighted by molar-refractivity contribution is -0.156. The molecule has 5 atom stereocenters. The number of amides is 1. The van der Waals surface area contributed by atoms with Crippen LogP contribution in [-0.4, -0.2) is 23.1 Å². The fourth-order valence-corrected chi connectivity index (χ4v) is 5.49. The van der Waals surface area contributed by atoms with E-state index in [4.69, 9.17) is 23.2 Å². The largest absolute Gasteiger partial charge is 0.331 e. The van der Waals surface area contributed by atoms with Crippen molar-refractivity contribution < 1.29 is 9.59 Å². The maximum absolute atomic E-state index is 14.1. The number of halogens is 2. The number of aldehydes is 1. The standard InChI is InChI=1S/C27H31Cl2NO2/c1-5-14-27(4)16-23(20-8-7-9-22(29)15-20)25(19-10-12-21(28)13-11-19)30(26(27)32)24(6-2)18(3)17-31/h5,7-13,15,17-18,23-25H,1,6,14,16H2,2-4H3/t18-,23-,24?,25-,27+/m1/s1.